The number of pyridine rings is 4. The van der Waals surface area contributed by atoms with Crippen molar-refractivity contribution >= 4 is 11.0 Å². The first-order valence-electron chi connectivity index (χ1n) is 20.3. The first-order chi connectivity index (χ1) is 29.7. The Kier molecular flexibility index (Phi) is 5.93. The summed E-state index contributed by atoms with van der Waals surface area (Å²) in [6, 6.07) is 55.3. The summed E-state index contributed by atoms with van der Waals surface area (Å²) in [6.45, 7) is 0. The van der Waals surface area contributed by atoms with Gasteiger partial charge >= 0.3 is 5.69 Å². The highest BCUT2D eigenvalue weighted by Crippen LogP contribution is 2.63. The molecule has 0 radical (unpaired) electrons. The van der Waals surface area contributed by atoms with E-state index in [0.29, 0.717) is 0 Å². The molecule has 60 heavy (non-hydrogen) atoms. The van der Waals surface area contributed by atoms with Gasteiger partial charge in [-0.05, 0) is 127 Å². The van der Waals surface area contributed by atoms with Crippen molar-refractivity contribution in [1.82, 2.24) is 29.1 Å². The molecule has 7 nitrogen and oxygen atoms in total. The zero-order valence-electron chi connectivity index (χ0n) is 31.9. The Morgan fingerprint density at radius 3 is 1.07 bits per heavy atom. The van der Waals surface area contributed by atoms with E-state index in [-0.39, 0.29) is 5.69 Å². The Hall–Kier alpha value is -8.03. The van der Waals surface area contributed by atoms with E-state index in [0.717, 1.165) is 89.7 Å². The predicted molar refractivity (Wildman–Crippen MR) is 233 cm³/mol. The molecule has 0 saturated carbocycles. The molecule has 0 N–H and O–H groups in total. The lowest BCUT2D eigenvalue weighted by atomic mass is 9.71. The summed E-state index contributed by atoms with van der Waals surface area (Å²) >= 11 is 0. The zero-order chi connectivity index (χ0) is 39.3. The molecule has 7 heteroatoms. The Balaban J connectivity index is 1.02. The van der Waals surface area contributed by atoms with Crippen LogP contribution in [-0.2, 0) is 10.8 Å². The molecule has 0 saturated heterocycles. The highest BCUT2D eigenvalue weighted by molar-refractivity contribution is 5.95. The summed E-state index contributed by atoms with van der Waals surface area (Å²) < 4.78 is 3.75. The third-order valence-corrected chi connectivity index (χ3v) is 13.6. The number of hydrogen-bond donors (Lipinski definition) is 0. The molecule has 5 heterocycles. The molecule has 2 spiro atoms. The van der Waals surface area contributed by atoms with Gasteiger partial charge in [0.2, 0.25) is 0 Å². The Morgan fingerprint density at radius 2 is 0.667 bits per heavy atom. The number of rotatable bonds is 2. The van der Waals surface area contributed by atoms with E-state index < -0.39 is 10.8 Å². The first kappa shape index (κ1) is 32.0. The molecular formula is C53H30N6O. The van der Waals surface area contributed by atoms with Gasteiger partial charge in [0, 0.05) is 24.8 Å². The molecule has 0 aliphatic heterocycles. The molecule has 0 bridgehead atoms. The second kappa shape index (κ2) is 11.1. The molecule has 14 rings (SSSR count). The highest BCUT2D eigenvalue weighted by atomic mass is 16.1. The molecule has 0 unspecified atom stereocenters. The van der Waals surface area contributed by atoms with Crippen LogP contribution < -0.4 is 5.69 Å². The van der Waals surface area contributed by atoms with E-state index in [1.165, 1.54) is 22.3 Å². The van der Waals surface area contributed by atoms with Crippen LogP contribution in [0.15, 0.2) is 187 Å². The minimum absolute atomic E-state index is 0.142. The van der Waals surface area contributed by atoms with Crippen molar-refractivity contribution in [3.05, 3.63) is 238 Å². The van der Waals surface area contributed by atoms with Crippen LogP contribution in [0.5, 0.6) is 0 Å². The van der Waals surface area contributed by atoms with Crippen molar-refractivity contribution in [3.8, 4) is 56.4 Å². The van der Waals surface area contributed by atoms with Gasteiger partial charge in [0.05, 0.1) is 56.0 Å². The van der Waals surface area contributed by atoms with Crippen molar-refractivity contribution in [3.63, 3.8) is 0 Å². The maximum absolute atomic E-state index is 15.4. The van der Waals surface area contributed by atoms with Crippen molar-refractivity contribution in [1.29, 1.82) is 0 Å². The molecule has 5 aromatic carbocycles. The third kappa shape index (κ3) is 3.58. The molecule has 0 atom stereocenters. The van der Waals surface area contributed by atoms with Crippen molar-refractivity contribution in [2.75, 3.05) is 0 Å². The number of imidazole rings is 1. The maximum Gasteiger partial charge on any atom is 0.338 e. The number of para-hydroxylation sites is 2. The topological polar surface area (TPSA) is 78.5 Å². The zero-order valence-corrected chi connectivity index (χ0v) is 31.9. The average Bonchev–Trinajstić information content (AvgIpc) is 4.05. The lowest BCUT2D eigenvalue weighted by Crippen LogP contribution is -2.27. The predicted octanol–water partition coefficient (Wildman–Crippen LogP) is 10.0. The molecule has 278 valence electrons. The fourth-order valence-corrected chi connectivity index (χ4v) is 11.5. The molecule has 4 aliphatic carbocycles. The second-order valence-electron chi connectivity index (χ2n) is 16.1. The van der Waals surface area contributed by atoms with Crippen LogP contribution in [-0.4, -0.2) is 29.1 Å². The van der Waals surface area contributed by atoms with Gasteiger partial charge in [-0.15, -0.1) is 0 Å². The molecule has 10 aromatic rings. The van der Waals surface area contributed by atoms with Crippen LogP contribution in [0.25, 0.3) is 67.4 Å². The van der Waals surface area contributed by atoms with E-state index in [4.69, 9.17) is 19.9 Å². The number of benzene rings is 5. The minimum Gasteiger partial charge on any atom is -0.260 e. The molecular weight excluding hydrogens is 737 g/mol. The number of aromatic nitrogens is 6. The number of hydrogen-bond acceptors (Lipinski definition) is 5. The smallest absolute Gasteiger partial charge is 0.260 e. The van der Waals surface area contributed by atoms with Gasteiger partial charge in [-0.1, -0.05) is 97.1 Å². The summed E-state index contributed by atoms with van der Waals surface area (Å²) in [7, 11) is 0. The van der Waals surface area contributed by atoms with Gasteiger partial charge in [0.15, 0.2) is 0 Å². The average molecular weight is 767 g/mol. The van der Waals surface area contributed by atoms with Crippen LogP contribution in [0, 0.1) is 0 Å². The van der Waals surface area contributed by atoms with E-state index in [9.17, 15) is 0 Å². The summed E-state index contributed by atoms with van der Waals surface area (Å²) in [5, 5.41) is 0. The van der Waals surface area contributed by atoms with Crippen molar-refractivity contribution in [2.24, 2.45) is 0 Å². The summed E-state index contributed by atoms with van der Waals surface area (Å²) in [6.07, 6.45) is 7.39. The molecule has 0 fully saturated rings. The van der Waals surface area contributed by atoms with Gasteiger partial charge in [-0.3, -0.25) is 29.1 Å². The second-order valence-corrected chi connectivity index (χ2v) is 16.1. The lowest BCUT2D eigenvalue weighted by Gasteiger charge is -2.30. The SMILES string of the molecule is O=c1n(-c2ccc3c(c2)C2(c4ccccc4-3)c3cccnc3-c3ncccc32)c2ccccc2n1-c1ccc2c(c1)C1(c3ccccc3-2)c2cccnc2-c2ncccc21. The highest BCUT2D eigenvalue weighted by Gasteiger charge is 2.54. The molecule has 4 aliphatic rings. The largest absolute Gasteiger partial charge is 0.338 e. The van der Waals surface area contributed by atoms with Crippen LogP contribution in [0.4, 0.5) is 0 Å². The summed E-state index contributed by atoms with van der Waals surface area (Å²) in [5.41, 5.74) is 19.1. The monoisotopic (exact) mass is 766 g/mol. The van der Waals surface area contributed by atoms with Gasteiger partial charge in [-0.2, -0.15) is 0 Å². The van der Waals surface area contributed by atoms with Crippen LogP contribution in [0.1, 0.15) is 44.5 Å². The Morgan fingerprint density at radius 1 is 0.333 bits per heavy atom. The van der Waals surface area contributed by atoms with Crippen LogP contribution >= 0.6 is 0 Å². The molecule has 0 amide bonds. The van der Waals surface area contributed by atoms with E-state index in [1.807, 2.05) is 82.5 Å². The lowest BCUT2D eigenvalue weighted by molar-refractivity contribution is 0.785. The standard InChI is InChI=1S/C53H30N6O/c60-51-58(31-21-23-35-33-11-1-3-13-37(33)52(43(35)29-31)39-15-7-25-54-47(39)48-40(52)16-8-26-55-48)45-19-5-6-20-46(45)59(51)32-22-24-36-34-12-2-4-14-38(34)53(44(36)30-32)41-17-9-27-56-49(41)50-42(53)18-10-28-57-50/h1-30H. The fourth-order valence-electron chi connectivity index (χ4n) is 11.5. The van der Waals surface area contributed by atoms with Crippen molar-refractivity contribution in [2.45, 2.75) is 10.8 Å². The van der Waals surface area contributed by atoms with E-state index >= 15 is 4.79 Å². The van der Waals surface area contributed by atoms with Gasteiger partial charge in [-0.25, -0.2) is 4.79 Å². The maximum atomic E-state index is 15.4. The number of fused-ring (bicyclic) bond motifs is 21. The van der Waals surface area contributed by atoms with Crippen LogP contribution in [0.2, 0.25) is 0 Å². The van der Waals surface area contributed by atoms with Crippen LogP contribution in [0.3, 0.4) is 0 Å². The first-order valence-corrected chi connectivity index (χ1v) is 20.3. The van der Waals surface area contributed by atoms with E-state index in [2.05, 4.69) is 109 Å². The minimum atomic E-state index is -0.641. The van der Waals surface area contributed by atoms with Gasteiger partial charge in [0.1, 0.15) is 0 Å². The quantitative estimate of drug-likeness (QED) is 0.175. The summed E-state index contributed by atoms with van der Waals surface area (Å²) in [4.78, 5) is 35.0. The van der Waals surface area contributed by atoms with Crippen molar-refractivity contribution < 1.29 is 0 Å². The fraction of sp³-hybridized carbons (Fsp3) is 0.0377. The van der Waals surface area contributed by atoms with E-state index in [1.54, 1.807) is 0 Å². The van der Waals surface area contributed by atoms with Gasteiger partial charge < -0.3 is 0 Å². The number of nitrogens with zero attached hydrogens (tertiary/aromatic N) is 6. The molecule has 5 aromatic heterocycles. The Labute approximate surface area is 343 Å². The third-order valence-electron chi connectivity index (χ3n) is 13.6. The van der Waals surface area contributed by atoms with Gasteiger partial charge in [0.25, 0.3) is 0 Å². The normalized spacial score (nSPS) is 14.7. The Bertz CT molecular complexity index is 3250. The summed E-state index contributed by atoms with van der Waals surface area (Å²) in [5.74, 6) is 0.